The van der Waals surface area contributed by atoms with Crippen LogP contribution in [0.2, 0.25) is 5.02 Å². The third kappa shape index (κ3) is 3.91. The fourth-order valence-electron chi connectivity index (χ4n) is 2.99. The molecule has 1 aromatic heterocycles. The van der Waals surface area contributed by atoms with Gasteiger partial charge in [0.25, 0.3) is 0 Å². The number of aryl methyl sites for hydroxylation is 1. The van der Waals surface area contributed by atoms with Gasteiger partial charge in [-0.05, 0) is 30.2 Å². The second kappa shape index (κ2) is 7.73. The minimum Gasteiger partial charge on any atom is -0.228 e. The maximum absolute atomic E-state index is 6.05. The average molecular weight is 371 g/mol. The van der Waals surface area contributed by atoms with Crippen LogP contribution in [0.1, 0.15) is 12.5 Å². The summed E-state index contributed by atoms with van der Waals surface area (Å²) >= 11 is 6.05. The van der Waals surface area contributed by atoms with Gasteiger partial charge in [0, 0.05) is 21.7 Å². The van der Waals surface area contributed by atoms with E-state index in [4.69, 9.17) is 21.6 Å². The molecule has 0 spiro atoms. The Labute approximate surface area is 164 Å². The fraction of sp³-hybridized carbons (Fsp3) is 0.0833. The molecule has 0 atom stereocenters. The Balaban J connectivity index is 1.87. The summed E-state index contributed by atoms with van der Waals surface area (Å²) in [5.41, 5.74) is 6.22. The number of nitrogens with zero attached hydrogens (tertiary/aromatic N) is 2. The number of benzene rings is 3. The van der Waals surface area contributed by atoms with E-state index < -0.39 is 0 Å². The molecule has 4 rings (SSSR count). The van der Waals surface area contributed by atoms with Crippen molar-refractivity contribution in [3.05, 3.63) is 95.5 Å². The Morgan fingerprint density at radius 1 is 0.667 bits per heavy atom. The van der Waals surface area contributed by atoms with Crippen LogP contribution in [0.5, 0.6) is 0 Å². The van der Waals surface area contributed by atoms with E-state index in [1.54, 1.807) is 0 Å². The molecule has 0 N–H and O–H groups in total. The van der Waals surface area contributed by atoms with Gasteiger partial charge in [0.05, 0.1) is 11.4 Å². The lowest BCUT2D eigenvalue weighted by molar-refractivity contribution is 1.14. The molecule has 1 heterocycles. The van der Waals surface area contributed by atoms with E-state index in [0.29, 0.717) is 5.02 Å². The smallest absolute Gasteiger partial charge is 0.160 e. The Morgan fingerprint density at radius 3 is 1.78 bits per heavy atom. The van der Waals surface area contributed by atoms with Crippen LogP contribution in [0.3, 0.4) is 0 Å². The van der Waals surface area contributed by atoms with E-state index in [2.05, 4.69) is 31.2 Å². The lowest BCUT2D eigenvalue weighted by Gasteiger charge is -2.10. The van der Waals surface area contributed by atoms with Crippen molar-refractivity contribution in [2.75, 3.05) is 0 Å². The molecule has 0 aliphatic carbocycles. The van der Waals surface area contributed by atoms with Crippen molar-refractivity contribution in [1.29, 1.82) is 0 Å². The van der Waals surface area contributed by atoms with Gasteiger partial charge in [-0.1, -0.05) is 85.3 Å². The highest BCUT2D eigenvalue weighted by molar-refractivity contribution is 6.30. The van der Waals surface area contributed by atoms with Crippen molar-refractivity contribution in [2.24, 2.45) is 0 Å². The summed E-state index contributed by atoms with van der Waals surface area (Å²) in [5, 5.41) is 0.714. The lowest BCUT2D eigenvalue weighted by atomic mass is 10.0. The summed E-state index contributed by atoms with van der Waals surface area (Å²) in [6, 6.07) is 28.4. The lowest BCUT2D eigenvalue weighted by Crippen LogP contribution is -1.96. The third-order valence-corrected chi connectivity index (χ3v) is 4.81. The molecular formula is C24H19ClN2. The van der Waals surface area contributed by atoms with E-state index in [9.17, 15) is 0 Å². The van der Waals surface area contributed by atoms with Crippen LogP contribution in [0.25, 0.3) is 33.9 Å². The molecular weight excluding hydrogens is 352 g/mol. The standard InChI is InChI=1S/C24H19ClN2/c1-2-17-8-10-18(11-9-17)22-16-23(19-12-14-21(25)15-13-19)27-24(26-22)20-6-4-3-5-7-20/h3-16H,2H2,1H3. The van der Waals surface area contributed by atoms with Gasteiger partial charge >= 0.3 is 0 Å². The van der Waals surface area contributed by atoms with Crippen molar-refractivity contribution >= 4 is 11.6 Å². The highest BCUT2D eigenvalue weighted by atomic mass is 35.5. The molecule has 3 heteroatoms. The summed E-state index contributed by atoms with van der Waals surface area (Å²) in [7, 11) is 0. The molecule has 0 saturated carbocycles. The number of rotatable bonds is 4. The first-order valence-electron chi connectivity index (χ1n) is 9.02. The monoisotopic (exact) mass is 370 g/mol. The number of halogens is 1. The first kappa shape index (κ1) is 17.4. The van der Waals surface area contributed by atoms with E-state index in [-0.39, 0.29) is 0 Å². The maximum atomic E-state index is 6.05. The molecule has 0 radical (unpaired) electrons. The zero-order chi connectivity index (χ0) is 18.6. The first-order valence-corrected chi connectivity index (χ1v) is 9.40. The third-order valence-electron chi connectivity index (χ3n) is 4.56. The summed E-state index contributed by atoms with van der Waals surface area (Å²) in [4.78, 5) is 9.64. The van der Waals surface area contributed by atoms with Crippen molar-refractivity contribution in [3.63, 3.8) is 0 Å². The van der Waals surface area contributed by atoms with Gasteiger partial charge in [-0.25, -0.2) is 9.97 Å². The minimum atomic E-state index is 0.714. The van der Waals surface area contributed by atoms with Gasteiger partial charge in [0.15, 0.2) is 5.82 Å². The molecule has 27 heavy (non-hydrogen) atoms. The number of hydrogen-bond donors (Lipinski definition) is 0. The Kier molecular flexibility index (Phi) is 4.99. The SMILES string of the molecule is CCc1ccc(-c2cc(-c3ccc(Cl)cc3)nc(-c3ccccc3)n2)cc1. The molecule has 0 aliphatic rings. The Bertz CT molecular complexity index is 1040. The number of aromatic nitrogens is 2. The summed E-state index contributed by atoms with van der Waals surface area (Å²) < 4.78 is 0. The predicted molar refractivity (Wildman–Crippen MR) is 113 cm³/mol. The zero-order valence-electron chi connectivity index (χ0n) is 15.1. The highest BCUT2D eigenvalue weighted by Crippen LogP contribution is 2.28. The molecule has 4 aromatic rings. The second-order valence-corrected chi connectivity index (χ2v) is 6.82. The molecule has 2 nitrogen and oxygen atoms in total. The molecule has 0 unspecified atom stereocenters. The molecule has 3 aromatic carbocycles. The summed E-state index contributed by atoms with van der Waals surface area (Å²) in [6.07, 6.45) is 1.02. The van der Waals surface area contributed by atoms with Gasteiger partial charge in [-0.3, -0.25) is 0 Å². The quantitative estimate of drug-likeness (QED) is 0.399. The minimum absolute atomic E-state index is 0.714. The molecule has 0 aliphatic heterocycles. The van der Waals surface area contributed by atoms with Gasteiger partial charge in [-0.15, -0.1) is 0 Å². The topological polar surface area (TPSA) is 25.8 Å². The van der Waals surface area contributed by atoms with Crippen molar-refractivity contribution in [3.8, 4) is 33.9 Å². The van der Waals surface area contributed by atoms with Crippen molar-refractivity contribution in [1.82, 2.24) is 9.97 Å². The maximum Gasteiger partial charge on any atom is 0.160 e. The second-order valence-electron chi connectivity index (χ2n) is 6.39. The van der Waals surface area contributed by atoms with E-state index >= 15 is 0 Å². The predicted octanol–water partition coefficient (Wildman–Crippen LogP) is 6.69. The molecule has 132 valence electrons. The van der Waals surface area contributed by atoms with E-state index in [1.807, 2.05) is 60.7 Å². The van der Waals surface area contributed by atoms with Crippen LogP contribution in [-0.2, 0) is 6.42 Å². The zero-order valence-corrected chi connectivity index (χ0v) is 15.8. The van der Waals surface area contributed by atoms with E-state index in [0.717, 1.165) is 40.3 Å². The summed E-state index contributed by atoms with van der Waals surface area (Å²) in [6.45, 7) is 2.16. The Hall–Kier alpha value is -2.97. The average Bonchev–Trinajstić information content (AvgIpc) is 2.74. The van der Waals surface area contributed by atoms with Crippen LogP contribution in [0.15, 0.2) is 84.9 Å². The van der Waals surface area contributed by atoms with Crippen LogP contribution < -0.4 is 0 Å². The molecule has 0 amide bonds. The molecule has 0 bridgehead atoms. The Morgan fingerprint density at radius 2 is 1.22 bits per heavy atom. The molecule has 0 saturated heterocycles. The van der Waals surface area contributed by atoms with Crippen LogP contribution in [0, 0.1) is 0 Å². The molecule has 0 fully saturated rings. The van der Waals surface area contributed by atoms with Crippen LogP contribution in [0.4, 0.5) is 0 Å². The highest BCUT2D eigenvalue weighted by Gasteiger charge is 2.10. The van der Waals surface area contributed by atoms with Gasteiger partial charge < -0.3 is 0 Å². The van der Waals surface area contributed by atoms with Gasteiger partial charge in [0.1, 0.15) is 0 Å². The van der Waals surface area contributed by atoms with Gasteiger partial charge in [0.2, 0.25) is 0 Å². The van der Waals surface area contributed by atoms with Crippen molar-refractivity contribution < 1.29 is 0 Å². The van der Waals surface area contributed by atoms with Crippen LogP contribution >= 0.6 is 11.6 Å². The normalized spacial score (nSPS) is 10.7. The van der Waals surface area contributed by atoms with Crippen molar-refractivity contribution in [2.45, 2.75) is 13.3 Å². The summed E-state index contributed by atoms with van der Waals surface area (Å²) in [5.74, 6) is 0.720. The fourth-order valence-corrected chi connectivity index (χ4v) is 3.12. The van der Waals surface area contributed by atoms with E-state index in [1.165, 1.54) is 5.56 Å². The number of hydrogen-bond acceptors (Lipinski definition) is 2. The van der Waals surface area contributed by atoms with Gasteiger partial charge in [-0.2, -0.15) is 0 Å². The largest absolute Gasteiger partial charge is 0.228 e. The van der Waals surface area contributed by atoms with Crippen LogP contribution in [-0.4, -0.2) is 9.97 Å². The first-order chi connectivity index (χ1) is 13.2.